The van der Waals surface area contributed by atoms with Gasteiger partial charge in [-0.15, -0.1) is 0 Å². The van der Waals surface area contributed by atoms with Crippen molar-refractivity contribution >= 4 is 12.0 Å². The molecule has 1 rings (SSSR count). The Labute approximate surface area is 101 Å². The Balaban J connectivity index is 2.15. The van der Waals surface area contributed by atoms with Crippen molar-refractivity contribution in [3.63, 3.8) is 0 Å². The standard InChI is InChI=1S/C11H21N3O3/c1-9(14-5-3-2-4-6-14)7-12-11(17)13-8-10(15)16/h9H,2-8H2,1H3,(H,15,16)(H2,12,13,17). The van der Waals surface area contributed by atoms with Gasteiger partial charge < -0.3 is 15.7 Å². The van der Waals surface area contributed by atoms with Crippen LogP contribution in [0.1, 0.15) is 26.2 Å². The molecule has 0 bridgehead atoms. The van der Waals surface area contributed by atoms with Crippen molar-refractivity contribution in [2.75, 3.05) is 26.2 Å². The number of carbonyl (C=O) groups excluding carboxylic acids is 1. The summed E-state index contributed by atoms with van der Waals surface area (Å²) in [5, 5.41) is 13.3. The largest absolute Gasteiger partial charge is 0.480 e. The van der Waals surface area contributed by atoms with Crippen LogP contribution in [0.15, 0.2) is 0 Å². The number of aliphatic carboxylic acids is 1. The first-order valence-corrected chi connectivity index (χ1v) is 6.07. The Morgan fingerprint density at radius 3 is 2.47 bits per heavy atom. The van der Waals surface area contributed by atoms with E-state index in [0.717, 1.165) is 13.1 Å². The van der Waals surface area contributed by atoms with E-state index in [1.807, 2.05) is 0 Å². The number of nitrogens with zero attached hydrogens (tertiary/aromatic N) is 1. The van der Waals surface area contributed by atoms with E-state index >= 15 is 0 Å². The highest BCUT2D eigenvalue weighted by molar-refractivity contribution is 5.79. The molecule has 3 N–H and O–H groups in total. The monoisotopic (exact) mass is 243 g/mol. The molecule has 17 heavy (non-hydrogen) atoms. The van der Waals surface area contributed by atoms with Gasteiger partial charge in [0.2, 0.25) is 0 Å². The molecule has 0 spiro atoms. The fourth-order valence-corrected chi connectivity index (χ4v) is 1.95. The van der Waals surface area contributed by atoms with E-state index in [-0.39, 0.29) is 6.54 Å². The van der Waals surface area contributed by atoms with E-state index in [0.29, 0.717) is 12.6 Å². The van der Waals surface area contributed by atoms with Gasteiger partial charge in [0.25, 0.3) is 0 Å². The number of nitrogens with one attached hydrogen (secondary N) is 2. The fourth-order valence-electron chi connectivity index (χ4n) is 1.95. The van der Waals surface area contributed by atoms with Crippen LogP contribution in [0.2, 0.25) is 0 Å². The number of hydrogen-bond donors (Lipinski definition) is 3. The number of hydrogen-bond acceptors (Lipinski definition) is 3. The minimum Gasteiger partial charge on any atom is -0.480 e. The smallest absolute Gasteiger partial charge is 0.323 e. The van der Waals surface area contributed by atoms with E-state index in [1.165, 1.54) is 19.3 Å². The number of rotatable bonds is 5. The topological polar surface area (TPSA) is 81.7 Å². The van der Waals surface area contributed by atoms with Crippen LogP contribution in [0, 0.1) is 0 Å². The quantitative estimate of drug-likeness (QED) is 0.646. The van der Waals surface area contributed by atoms with Gasteiger partial charge in [-0.25, -0.2) is 4.79 Å². The van der Waals surface area contributed by atoms with Gasteiger partial charge in [0, 0.05) is 12.6 Å². The van der Waals surface area contributed by atoms with Crippen LogP contribution in [0.5, 0.6) is 0 Å². The zero-order chi connectivity index (χ0) is 12.7. The second-order valence-corrected chi connectivity index (χ2v) is 4.40. The molecule has 0 aromatic carbocycles. The van der Waals surface area contributed by atoms with Crippen LogP contribution in [0.4, 0.5) is 4.79 Å². The van der Waals surface area contributed by atoms with Gasteiger partial charge in [-0.2, -0.15) is 0 Å². The van der Waals surface area contributed by atoms with Crippen LogP contribution in [0.25, 0.3) is 0 Å². The molecule has 0 radical (unpaired) electrons. The fraction of sp³-hybridized carbons (Fsp3) is 0.818. The summed E-state index contributed by atoms with van der Waals surface area (Å²) in [6.45, 7) is 4.44. The second kappa shape index (κ2) is 7.11. The second-order valence-electron chi connectivity index (χ2n) is 4.40. The van der Waals surface area contributed by atoms with E-state index in [9.17, 15) is 9.59 Å². The molecule has 1 unspecified atom stereocenters. The maximum absolute atomic E-state index is 11.2. The summed E-state index contributed by atoms with van der Waals surface area (Å²) < 4.78 is 0. The molecule has 1 aliphatic rings. The van der Waals surface area contributed by atoms with Gasteiger partial charge in [-0.1, -0.05) is 6.42 Å². The number of carbonyl (C=O) groups is 2. The molecule has 1 atom stereocenters. The molecule has 6 nitrogen and oxygen atoms in total. The summed E-state index contributed by atoms with van der Waals surface area (Å²) in [6.07, 6.45) is 3.72. The van der Waals surface area contributed by atoms with Crippen molar-refractivity contribution in [1.82, 2.24) is 15.5 Å². The molecule has 2 amide bonds. The van der Waals surface area contributed by atoms with Gasteiger partial charge in [0.1, 0.15) is 6.54 Å². The maximum atomic E-state index is 11.2. The summed E-state index contributed by atoms with van der Waals surface area (Å²) in [5.41, 5.74) is 0. The van der Waals surface area contributed by atoms with Crippen molar-refractivity contribution in [2.24, 2.45) is 0 Å². The summed E-state index contributed by atoms with van der Waals surface area (Å²) in [6, 6.07) is -0.123. The van der Waals surface area contributed by atoms with Crippen LogP contribution < -0.4 is 10.6 Å². The Morgan fingerprint density at radius 2 is 1.88 bits per heavy atom. The van der Waals surface area contributed by atoms with E-state index in [1.54, 1.807) is 0 Å². The lowest BCUT2D eigenvalue weighted by Crippen LogP contribution is -2.47. The minimum atomic E-state index is -1.04. The highest BCUT2D eigenvalue weighted by Crippen LogP contribution is 2.11. The third-order valence-corrected chi connectivity index (χ3v) is 2.97. The molecule has 0 saturated carbocycles. The van der Waals surface area contributed by atoms with Gasteiger partial charge >= 0.3 is 12.0 Å². The Kier molecular flexibility index (Phi) is 5.76. The molecule has 0 aromatic heterocycles. The first-order valence-electron chi connectivity index (χ1n) is 6.07. The predicted octanol–water partition coefficient (Wildman–Crippen LogP) is 0.245. The minimum absolute atomic E-state index is 0.297. The average molecular weight is 243 g/mol. The van der Waals surface area contributed by atoms with E-state index in [4.69, 9.17) is 5.11 Å². The SMILES string of the molecule is CC(CNC(=O)NCC(=O)O)N1CCCCC1. The average Bonchev–Trinajstić information content (AvgIpc) is 2.34. The predicted molar refractivity (Wildman–Crippen MR) is 63.9 cm³/mol. The lowest BCUT2D eigenvalue weighted by atomic mass is 10.1. The lowest BCUT2D eigenvalue weighted by Gasteiger charge is -2.32. The zero-order valence-corrected chi connectivity index (χ0v) is 10.2. The first kappa shape index (κ1) is 13.8. The number of likely N-dealkylation sites (tertiary alicyclic amines) is 1. The number of urea groups is 1. The number of carboxylic acids is 1. The Morgan fingerprint density at radius 1 is 1.24 bits per heavy atom. The van der Waals surface area contributed by atoms with E-state index in [2.05, 4.69) is 22.5 Å². The van der Waals surface area contributed by atoms with Gasteiger partial charge in [0.15, 0.2) is 0 Å². The Hall–Kier alpha value is -1.30. The summed E-state index contributed by atoms with van der Waals surface area (Å²) >= 11 is 0. The van der Waals surface area contributed by atoms with Crippen molar-refractivity contribution in [3.05, 3.63) is 0 Å². The van der Waals surface area contributed by atoms with Crippen molar-refractivity contribution in [3.8, 4) is 0 Å². The summed E-state index contributed by atoms with van der Waals surface area (Å²) in [5.74, 6) is -1.04. The van der Waals surface area contributed by atoms with Crippen LogP contribution in [-0.4, -0.2) is 54.2 Å². The van der Waals surface area contributed by atoms with E-state index < -0.39 is 12.0 Å². The van der Waals surface area contributed by atoms with Crippen molar-refractivity contribution < 1.29 is 14.7 Å². The molecule has 98 valence electrons. The number of carboxylic acid groups (broad SMARTS) is 1. The van der Waals surface area contributed by atoms with Gasteiger partial charge in [0.05, 0.1) is 0 Å². The van der Waals surface area contributed by atoms with Gasteiger partial charge in [-0.05, 0) is 32.9 Å². The van der Waals surface area contributed by atoms with Crippen molar-refractivity contribution in [1.29, 1.82) is 0 Å². The molecule has 1 heterocycles. The third kappa shape index (κ3) is 5.53. The van der Waals surface area contributed by atoms with Crippen LogP contribution in [0.3, 0.4) is 0 Å². The maximum Gasteiger partial charge on any atom is 0.323 e. The zero-order valence-electron chi connectivity index (χ0n) is 10.2. The molecular formula is C11H21N3O3. The molecule has 1 aliphatic heterocycles. The molecule has 0 aliphatic carbocycles. The summed E-state index contributed by atoms with van der Waals surface area (Å²) in [7, 11) is 0. The third-order valence-electron chi connectivity index (χ3n) is 2.97. The molecular weight excluding hydrogens is 222 g/mol. The summed E-state index contributed by atoms with van der Waals surface area (Å²) in [4.78, 5) is 23.8. The highest BCUT2D eigenvalue weighted by Gasteiger charge is 2.16. The lowest BCUT2D eigenvalue weighted by molar-refractivity contribution is -0.135. The molecule has 6 heteroatoms. The first-order chi connectivity index (χ1) is 8.09. The van der Waals surface area contributed by atoms with Crippen LogP contribution >= 0.6 is 0 Å². The number of amides is 2. The Bertz CT molecular complexity index is 265. The molecule has 0 aromatic rings. The molecule has 1 fully saturated rings. The number of piperidine rings is 1. The highest BCUT2D eigenvalue weighted by atomic mass is 16.4. The normalized spacial score (nSPS) is 18.4. The van der Waals surface area contributed by atoms with Crippen LogP contribution in [-0.2, 0) is 4.79 Å². The van der Waals surface area contributed by atoms with Gasteiger partial charge in [-0.3, -0.25) is 9.69 Å². The van der Waals surface area contributed by atoms with Crippen molar-refractivity contribution in [2.45, 2.75) is 32.2 Å². The molecule has 1 saturated heterocycles.